The Labute approximate surface area is 166 Å². The van der Waals surface area contributed by atoms with Crippen LogP contribution >= 0.6 is 0 Å². The van der Waals surface area contributed by atoms with Crippen LogP contribution < -0.4 is 10.1 Å². The van der Waals surface area contributed by atoms with Crippen molar-refractivity contribution in [3.63, 3.8) is 0 Å². The van der Waals surface area contributed by atoms with Gasteiger partial charge in [0.15, 0.2) is 5.78 Å². The lowest BCUT2D eigenvalue weighted by molar-refractivity contribution is -0.116. The lowest BCUT2D eigenvalue weighted by Crippen LogP contribution is -2.31. The summed E-state index contributed by atoms with van der Waals surface area (Å²) in [6.45, 7) is 0.143. The highest BCUT2D eigenvalue weighted by atomic mass is 19.1. The average Bonchev–Trinajstić information content (AvgIpc) is 3.20. The van der Waals surface area contributed by atoms with Gasteiger partial charge in [-0.1, -0.05) is 35.4 Å². The summed E-state index contributed by atoms with van der Waals surface area (Å²) in [5.41, 5.74) is 3.00. The van der Waals surface area contributed by atoms with E-state index in [2.05, 4.69) is 20.8 Å². The normalized spacial score (nSPS) is 18.1. The first-order valence-electron chi connectivity index (χ1n) is 9.48. The summed E-state index contributed by atoms with van der Waals surface area (Å²) in [4.78, 5) is 12.7. The molecule has 0 amide bonds. The highest BCUT2D eigenvalue weighted by molar-refractivity contribution is 5.99. The maximum absolute atomic E-state index is 13.8. The molecule has 1 aromatic heterocycles. The number of benzene rings is 2. The second-order valence-electron chi connectivity index (χ2n) is 7.09. The van der Waals surface area contributed by atoms with Crippen LogP contribution in [-0.2, 0) is 11.4 Å². The molecular formula is C21H18FN5O2. The molecule has 2 aliphatic rings. The number of Topliss-reactive ketones (excluding diaryl/α,β-unsaturated/α-hetero) is 1. The van der Waals surface area contributed by atoms with E-state index in [9.17, 15) is 9.18 Å². The third-order valence-electron chi connectivity index (χ3n) is 5.28. The number of tetrazole rings is 1. The van der Waals surface area contributed by atoms with Crippen molar-refractivity contribution in [3.8, 4) is 5.75 Å². The van der Waals surface area contributed by atoms with Crippen molar-refractivity contribution >= 4 is 11.7 Å². The van der Waals surface area contributed by atoms with Gasteiger partial charge in [0.05, 0.1) is 0 Å². The zero-order valence-corrected chi connectivity index (χ0v) is 15.5. The van der Waals surface area contributed by atoms with E-state index in [1.165, 1.54) is 6.07 Å². The van der Waals surface area contributed by atoms with Crippen molar-refractivity contribution < 1.29 is 13.9 Å². The number of hydrogen-bond acceptors (Lipinski definition) is 6. The molecule has 29 heavy (non-hydrogen) atoms. The molecule has 0 fully saturated rings. The first-order valence-corrected chi connectivity index (χ1v) is 9.48. The number of anilines is 1. The zero-order chi connectivity index (χ0) is 19.8. The van der Waals surface area contributed by atoms with Gasteiger partial charge in [0, 0.05) is 23.3 Å². The van der Waals surface area contributed by atoms with E-state index in [0.29, 0.717) is 23.7 Å². The van der Waals surface area contributed by atoms with E-state index < -0.39 is 0 Å². The van der Waals surface area contributed by atoms with Crippen LogP contribution in [0.3, 0.4) is 0 Å². The number of ketones is 1. The Morgan fingerprint density at radius 2 is 1.97 bits per heavy atom. The molecule has 0 radical (unpaired) electrons. The molecule has 5 rings (SSSR count). The SMILES string of the molecule is O=C1CCCC2=C1C(c1ccc(OCc3ccccc3F)cc1)n1nnnc1N2. The van der Waals surface area contributed by atoms with Gasteiger partial charge in [-0.3, -0.25) is 4.79 Å². The van der Waals surface area contributed by atoms with Gasteiger partial charge in [-0.05, 0) is 47.0 Å². The molecule has 1 N–H and O–H groups in total. The summed E-state index contributed by atoms with van der Waals surface area (Å²) in [6.07, 6.45) is 2.15. The molecule has 7 nitrogen and oxygen atoms in total. The van der Waals surface area contributed by atoms with Gasteiger partial charge in [0.25, 0.3) is 0 Å². The minimum absolute atomic E-state index is 0.116. The van der Waals surface area contributed by atoms with Crippen LogP contribution in [0, 0.1) is 5.82 Å². The highest BCUT2D eigenvalue weighted by Crippen LogP contribution is 2.39. The van der Waals surface area contributed by atoms with Crippen LogP contribution in [0.1, 0.15) is 36.4 Å². The summed E-state index contributed by atoms with van der Waals surface area (Å²) < 4.78 is 21.1. The summed E-state index contributed by atoms with van der Waals surface area (Å²) in [5, 5.41) is 15.0. The standard InChI is InChI=1S/C21H18FN5O2/c22-16-5-2-1-4-14(16)12-29-15-10-8-13(9-11-15)20-19-17(6-3-7-18(19)28)23-21-24-25-26-27(20)21/h1-2,4-5,8-11,20H,3,6-7,12H2,(H,23,24,26). The number of rotatable bonds is 4. The number of carbonyl (C=O) groups excluding carboxylic acids is 1. The predicted octanol–water partition coefficient (Wildman–Crippen LogP) is 3.41. The number of carbonyl (C=O) groups is 1. The number of nitrogens with one attached hydrogen (secondary N) is 1. The molecule has 0 saturated carbocycles. The summed E-state index contributed by atoms with van der Waals surface area (Å²) in [6, 6.07) is 13.6. The van der Waals surface area contributed by atoms with E-state index in [4.69, 9.17) is 4.74 Å². The van der Waals surface area contributed by atoms with E-state index in [0.717, 1.165) is 29.7 Å². The second kappa shape index (κ2) is 7.12. The number of aromatic nitrogens is 4. The summed E-state index contributed by atoms with van der Waals surface area (Å²) >= 11 is 0. The molecule has 0 bridgehead atoms. The Kier molecular flexibility index (Phi) is 4.31. The Morgan fingerprint density at radius 1 is 1.14 bits per heavy atom. The molecule has 1 aliphatic heterocycles. The first kappa shape index (κ1) is 17.5. The maximum Gasteiger partial charge on any atom is 0.248 e. The third-order valence-corrected chi connectivity index (χ3v) is 5.28. The van der Waals surface area contributed by atoms with Gasteiger partial charge in [0.2, 0.25) is 5.95 Å². The van der Waals surface area contributed by atoms with Crippen molar-refractivity contribution in [2.75, 3.05) is 5.32 Å². The molecular weight excluding hydrogens is 373 g/mol. The van der Waals surface area contributed by atoms with Crippen molar-refractivity contribution in [3.05, 3.63) is 76.7 Å². The van der Waals surface area contributed by atoms with Crippen molar-refractivity contribution in [2.45, 2.75) is 31.9 Å². The van der Waals surface area contributed by atoms with E-state index in [1.54, 1.807) is 22.9 Å². The molecule has 2 heterocycles. The van der Waals surface area contributed by atoms with Crippen LogP contribution in [0.4, 0.5) is 10.3 Å². The van der Waals surface area contributed by atoms with Crippen LogP contribution in [0.2, 0.25) is 0 Å². The van der Waals surface area contributed by atoms with E-state index >= 15 is 0 Å². The zero-order valence-electron chi connectivity index (χ0n) is 15.5. The molecule has 8 heteroatoms. The average molecular weight is 391 g/mol. The van der Waals surface area contributed by atoms with Crippen LogP contribution in [-0.4, -0.2) is 26.0 Å². The monoisotopic (exact) mass is 391 g/mol. The Balaban J connectivity index is 1.42. The van der Waals surface area contributed by atoms with Crippen LogP contribution in [0.15, 0.2) is 59.8 Å². The number of hydrogen-bond donors (Lipinski definition) is 1. The maximum atomic E-state index is 13.8. The molecule has 146 valence electrons. The molecule has 0 spiro atoms. The van der Waals surface area contributed by atoms with Gasteiger partial charge in [-0.15, -0.1) is 0 Å². The van der Waals surface area contributed by atoms with Gasteiger partial charge >= 0.3 is 0 Å². The molecule has 1 atom stereocenters. The quantitative estimate of drug-likeness (QED) is 0.734. The molecule has 1 unspecified atom stereocenters. The Hall–Kier alpha value is -3.55. The minimum atomic E-state index is -0.371. The fourth-order valence-electron chi connectivity index (χ4n) is 3.85. The Morgan fingerprint density at radius 3 is 2.79 bits per heavy atom. The number of ether oxygens (including phenoxy) is 1. The predicted molar refractivity (Wildman–Crippen MR) is 103 cm³/mol. The van der Waals surface area contributed by atoms with Gasteiger partial charge in [-0.25, -0.2) is 4.39 Å². The minimum Gasteiger partial charge on any atom is -0.489 e. The lowest BCUT2D eigenvalue weighted by atomic mass is 9.85. The first-order chi connectivity index (χ1) is 14.2. The summed E-state index contributed by atoms with van der Waals surface area (Å²) in [7, 11) is 0. The van der Waals surface area contributed by atoms with E-state index in [-0.39, 0.29) is 24.2 Å². The van der Waals surface area contributed by atoms with Gasteiger partial charge in [-0.2, -0.15) is 4.68 Å². The number of halogens is 1. The molecule has 1 aliphatic carbocycles. The summed E-state index contributed by atoms with van der Waals surface area (Å²) in [5.74, 6) is 0.973. The smallest absolute Gasteiger partial charge is 0.248 e. The number of nitrogens with zero attached hydrogens (tertiary/aromatic N) is 4. The van der Waals surface area contributed by atoms with E-state index in [1.807, 2.05) is 24.3 Å². The van der Waals surface area contributed by atoms with Gasteiger partial charge < -0.3 is 10.1 Å². The van der Waals surface area contributed by atoms with Gasteiger partial charge in [0.1, 0.15) is 24.2 Å². The molecule has 2 aromatic carbocycles. The Bertz CT molecular complexity index is 1110. The molecule has 0 saturated heterocycles. The fourth-order valence-corrected chi connectivity index (χ4v) is 3.85. The van der Waals surface area contributed by atoms with Crippen molar-refractivity contribution in [1.29, 1.82) is 0 Å². The third kappa shape index (κ3) is 3.16. The number of allylic oxidation sites excluding steroid dienone is 2. The highest BCUT2D eigenvalue weighted by Gasteiger charge is 2.36. The second-order valence-corrected chi connectivity index (χ2v) is 7.09. The van der Waals surface area contributed by atoms with Crippen LogP contribution in [0.5, 0.6) is 5.75 Å². The molecule has 3 aromatic rings. The number of fused-ring (bicyclic) bond motifs is 1. The largest absolute Gasteiger partial charge is 0.489 e. The topological polar surface area (TPSA) is 81.9 Å². The fraction of sp³-hybridized carbons (Fsp3) is 0.238. The van der Waals surface area contributed by atoms with Crippen molar-refractivity contribution in [1.82, 2.24) is 20.2 Å². The van der Waals surface area contributed by atoms with Crippen LogP contribution in [0.25, 0.3) is 0 Å². The lowest BCUT2D eigenvalue weighted by Gasteiger charge is -2.31. The van der Waals surface area contributed by atoms with Crippen molar-refractivity contribution in [2.24, 2.45) is 0 Å².